The number of nitrogens with two attached hydrogens (primary N) is 1. The van der Waals surface area contributed by atoms with E-state index in [1.165, 1.54) is 6.21 Å². The molecule has 50 valence electrons. The Hall–Kier alpha value is -0.710. The molecule has 0 amide bonds. The van der Waals surface area contributed by atoms with Crippen LogP contribution in [0.15, 0.2) is 10.1 Å². The average Bonchev–Trinajstić information content (AvgIpc) is 1.83. The van der Waals surface area contributed by atoms with Crippen molar-refractivity contribution in [3.05, 3.63) is 0 Å². The Bertz CT molecular complexity index is 160. The molecule has 4 nitrogen and oxygen atoms in total. The number of nitrogens with zero attached hydrogens (tertiary/aromatic N) is 2. The van der Waals surface area contributed by atoms with E-state index in [2.05, 4.69) is 26.0 Å². The SMILES string of the molecule is CC(=N)N=CC(Br)=NN. The first kappa shape index (κ1) is 8.29. The summed E-state index contributed by atoms with van der Waals surface area (Å²) in [5, 5.41) is 10.1. The molecule has 0 aromatic carbocycles. The van der Waals surface area contributed by atoms with Crippen LogP contribution < -0.4 is 5.84 Å². The molecule has 0 unspecified atom stereocenters. The zero-order chi connectivity index (χ0) is 7.28. The number of hydrazone groups is 1. The minimum absolute atomic E-state index is 0.218. The summed E-state index contributed by atoms with van der Waals surface area (Å²) in [5.41, 5.74) is 0. The van der Waals surface area contributed by atoms with Gasteiger partial charge in [0.2, 0.25) is 0 Å². The Balaban J connectivity index is 3.86. The molecule has 0 radical (unpaired) electrons. The molecule has 3 N–H and O–H groups in total. The van der Waals surface area contributed by atoms with E-state index in [0.29, 0.717) is 4.62 Å². The van der Waals surface area contributed by atoms with Gasteiger partial charge < -0.3 is 5.84 Å². The van der Waals surface area contributed by atoms with Gasteiger partial charge in [0.25, 0.3) is 0 Å². The smallest absolute Gasteiger partial charge is 0.144 e. The first-order chi connectivity index (χ1) is 4.16. The van der Waals surface area contributed by atoms with Crippen LogP contribution >= 0.6 is 15.9 Å². The lowest BCUT2D eigenvalue weighted by molar-refractivity contribution is 1.27. The maximum atomic E-state index is 6.85. The quantitative estimate of drug-likeness (QED) is 0.272. The van der Waals surface area contributed by atoms with E-state index < -0.39 is 0 Å². The van der Waals surface area contributed by atoms with E-state index in [1.54, 1.807) is 6.92 Å². The largest absolute Gasteiger partial charge is 0.322 e. The summed E-state index contributed by atoms with van der Waals surface area (Å²) in [5.74, 6) is 5.06. The summed E-state index contributed by atoms with van der Waals surface area (Å²) in [7, 11) is 0. The molecule has 0 fully saturated rings. The second kappa shape index (κ2) is 4.20. The predicted molar refractivity (Wildman–Crippen MR) is 42.4 cm³/mol. The molecule has 0 aromatic heterocycles. The van der Waals surface area contributed by atoms with Crippen molar-refractivity contribution in [1.82, 2.24) is 0 Å². The third-order valence-corrected chi connectivity index (χ3v) is 0.898. The normalized spacial score (nSPS) is 12.4. The highest BCUT2D eigenvalue weighted by atomic mass is 79.9. The van der Waals surface area contributed by atoms with Crippen molar-refractivity contribution in [2.45, 2.75) is 6.92 Å². The van der Waals surface area contributed by atoms with Crippen molar-refractivity contribution >= 4 is 32.6 Å². The average molecular weight is 191 g/mol. The molecule has 5 heteroatoms. The summed E-state index contributed by atoms with van der Waals surface area (Å²) in [4.78, 5) is 3.60. The van der Waals surface area contributed by atoms with Crippen LogP contribution in [0.5, 0.6) is 0 Å². The fraction of sp³-hybridized carbons (Fsp3) is 0.250. The van der Waals surface area contributed by atoms with E-state index >= 15 is 0 Å². The molecule has 0 heterocycles. The second-order valence-corrected chi connectivity index (χ2v) is 2.11. The lowest BCUT2D eigenvalue weighted by atomic mass is 10.7. The van der Waals surface area contributed by atoms with Gasteiger partial charge in [-0.2, -0.15) is 5.10 Å². The molecule has 0 spiro atoms. The summed E-state index contributed by atoms with van der Waals surface area (Å²) in [6.07, 6.45) is 1.36. The van der Waals surface area contributed by atoms with Crippen LogP contribution in [0.2, 0.25) is 0 Å². The van der Waals surface area contributed by atoms with E-state index in [4.69, 9.17) is 11.3 Å². The number of amidine groups is 1. The number of hydrogen-bond acceptors (Lipinski definition) is 3. The number of rotatable bonds is 1. The number of hydrogen-bond donors (Lipinski definition) is 2. The maximum Gasteiger partial charge on any atom is 0.144 e. The van der Waals surface area contributed by atoms with Crippen LogP contribution in [0.25, 0.3) is 0 Å². The molecule has 0 rings (SSSR count). The Morgan fingerprint density at radius 2 is 2.33 bits per heavy atom. The van der Waals surface area contributed by atoms with E-state index in [1.807, 2.05) is 0 Å². The van der Waals surface area contributed by atoms with Crippen LogP contribution in [0, 0.1) is 5.41 Å². The van der Waals surface area contributed by atoms with Crippen molar-refractivity contribution < 1.29 is 0 Å². The first-order valence-electron chi connectivity index (χ1n) is 2.19. The standard InChI is InChI=1S/C4H7BrN4/c1-3(6)8-2-4(5)9-7/h2,6H,7H2,1H3. The Morgan fingerprint density at radius 1 is 1.78 bits per heavy atom. The van der Waals surface area contributed by atoms with Crippen LogP contribution in [0.4, 0.5) is 0 Å². The van der Waals surface area contributed by atoms with Gasteiger partial charge in [0.1, 0.15) is 10.5 Å². The fourth-order valence-corrected chi connectivity index (χ4v) is 0.286. The monoisotopic (exact) mass is 190 g/mol. The molecule has 0 aliphatic heterocycles. The van der Waals surface area contributed by atoms with Crippen LogP contribution in [0.3, 0.4) is 0 Å². The molecule has 0 saturated heterocycles. The van der Waals surface area contributed by atoms with E-state index in [0.717, 1.165) is 0 Å². The first-order valence-corrected chi connectivity index (χ1v) is 2.98. The van der Waals surface area contributed by atoms with Gasteiger partial charge in [-0.05, 0) is 22.9 Å². The van der Waals surface area contributed by atoms with Gasteiger partial charge >= 0.3 is 0 Å². The van der Waals surface area contributed by atoms with Crippen LogP contribution in [0.1, 0.15) is 6.92 Å². The molecule has 0 bridgehead atoms. The van der Waals surface area contributed by atoms with Crippen molar-refractivity contribution in [3.8, 4) is 0 Å². The van der Waals surface area contributed by atoms with Gasteiger partial charge in [-0.25, -0.2) is 4.99 Å². The highest BCUT2D eigenvalue weighted by molar-refractivity contribution is 9.19. The zero-order valence-electron chi connectivity index (χ0n) is 4.93. The zero-order valence-corrected chi connectivity index (χ0v) is 6.51. The lowest BCUT2D eigenvalue weighted by Gasteiger charge is -1.82. The van der Waals surface area contributed by atoms with Crippen molar-refractivity contribution in [2.24, 2.45) is 15.9 Å². The summed E-state index contributed by atoms with van der Waals surface area (Å²) in [6.45, 7) is 1.56. The summed E-state index contributed by atoms with van der Waals surface area (Å²) < 4.78 is 0.425. The number of nitrogens with one attached hydrogen (secondary N) is 1. The summed E-state index contributed by atoms with van der Waals surface area (Å²) in [6, 6.07) is 0. The predicted octanol–water partition coefficient (Wildman–Crippen LogP) is 0.721. The van der Waals surface area contributed by atoms with Crippen LogP contribution in [-0.4, -0.2) is 16.7 Å². The van der Waals surface area contributed by atoms with Gasteiger partial charge in [0, 0.05) is 0 Å². The highest BCUT2D eigenvalue weighted by Gasteiger charge is 1.82. The minimum Gasteiger partial charge on any atom is -0.322 e. The molecule has 0 aliphatic rings. The minimum atomic E-state index is 0.218. The number of aliphatic imine (C=N–C) groups is 1. The van der Waals surface area contributed by atoms with Crippen molar-refractivity contribution in [1.29, 1.82) is 5.41 Å². The van der Waals surface area contributed by atoms with Gasteiger partial charge in [0.15, 0.2) is 0 Å². The molecule has 0 atom stereocenters. The van der Waals surface area contributed by atoms with Gasteiger partial charge in [-0.15, -0.1) is 0 Å². The molecular formula is C4H7BrN4. The highest BCUT2D eigenvalue weighted by Crippen LogP contribution is 1.82. The topological polar surface area (TPSA) is 74.6 Å². The third-order valence-electron chi connectivity index (χ3n) is 0.488. The molecule has 9 heavy (non-hydrogen) atoms. The Morgan fingerprint density at radius 3 is 2.67 bits per heavy atom. The third kappa shape index (κ3) is 5.16. The molecular weight excluding hydrogens is 184 g/mol. The van der Waals surface area contributed by atoms with Gasteiger partial charge in [0.05, 0.1) is 6.21 Å². The molecule has 0 saturated carbocycles. The number of halogens is 1. The van der Waals surface area contributed by atoms with E-state index in [9.17, 15) is 0 Å². The van der Waals surface area contributed by atoms with E-state index in [-0.39, 0.29) is 5.84 Å². The fourth-order valence-electron chi connectivity index (χ4n) is 0.183. The van der Waals surface area contributed by atoms with Crippen molar-refractivity contribution in [3.63, 3.8) is 0 Å². The summed E-state index contributed by atoms with van der Waals surface area (Å²) >= 11 is 2.98. The van der Waals surface area contributed by atoms with Crippen molar-refractivity contribution in [2.75, 3.05) is 0 Å². The Labute approximate surface area is 61.5 Å². The molecule has 0 aromatic rings. The maximum absolute atomic E-state index is 6.85. The van der Waals surface area contributed by atoms with Crippen LogP contribution in [-0.2, 0) is 0 Å². The van der Waals surface area contributed by atoms with Gasteiger partial charge in [-0.1, -0.05) is 0 Å². The van der Waals surface area contributed by atoms with Gasteiger partial charge in [-0.3, -0.25) is 5.41 Å². The Kier molecular flexibility index (Phi) is 3.87. The second-order valence-electron chi connectivity index (χ2n) is 1.30. The molecule has 0 aliphatic carbocycles. The lowest BCUT2D eigenvalue weighted by Crippen LogP contribution is -1.94.